The average Bonchev–Trinajstić information content (AvgIpc) is 2.75. The number of para-hydroxylation sites is 1. The third-order valence-electron chi connectivity index (χ3n) is 2.33. The van der Waals surface area contributed by atoms with Gasteiger partial charge in [-0.2, -0.15) is 4.80 Å². The molecule has 0 bridgehead atoms. The highest BCUT2D eigenvalue weighted by atomic mass is 16.4. The SMILES string of the molecule is Cn1nnc(CN(CC(=O)O)c2ccccc2)n1. The number of rotatable bonds is 5. The molecule has 1 heterocycles. The summed E-state index contributed by atoms with van der Waals surface area (Å²) in [6.07, 6.45) is 0. The summed E-state index contributed by atoms with van der Waals surface area (Å²) < 4.78 is 0. The summed E-state index contributed by atoms with van der Waals surface area (Å²) in [7, 11) is 1.67. The molecule has 1 N–H and O–H groups in total. The Morgan fingerprint density at radius 2 is 2.11 bits per heavy atom. The first-order valence-electron chi connectivity index (χ1n) is 5.40. The van der Waals surface area contributed by atoms with E-state index in [4.69, 9.17) is 5.11 Å². The van der Waals surface area contributed by atoms with Crippen molar-refractivity contribution >= 4 is 11.7 Å². The van der Waals surface area contributed by atoms with Gasteiger partial charge in [-0.15, -0.1) is 10.2 Å². The highest BCUT2D eigenvalue weighted by molar-refractivity contribution is 5.73. The van der Waals surface area contributed by atoms with Crippen LogP contribution in [-0.2, 0) is 18.4 Å². The van der Waals surface area contributed by atoms with Gasteiger partial charge in [-0.25, -0.2) is 0 Å². The molecule has 0 saturated heterocycles. The molecule has 0 amide bonds. The van der Waals surface area contributed by atoms with Crippen LogP contribution in [0.4, 0.5) is 5.69 Å². The minimum Gasteiger partial charge on any atom is -0.480 e. The summed E-state index contributed by atoms with van der Waals surface area (Å²) in [6, 6.07) is 9.28. The second-order valence-corrected chi connectivity index (χ2v) is 3.78. The van der Waals surface area contributed by atoms with Crippen LogP contribution in [0.5, 0.6) is 0 Å². The fourth-order valence-electron chi connectivity index (χ4n) is 1.60. The van der Waals surface area contributed by atoms with Crippen molar-refractivity contribution in [1.29, 1.82) is 0 Å². The number of carboxylic acids is 1. The van der Waals surface area contributed by atoms with Crippen LogP contribution >= 0.6 is 0 Å². The molecule has 18 heavy (non-hydrogen) atoms. The molecule has 1 aromatic heterocycles. The van der Waals surface area contributed by atoms with Crippen molar-refractivity contribution < 1.29 is 9.90 Å². The zero-order valence-corrected chi connectivity index (χ0v) is 9.89. The van der Waals surface area contributed by atoms with Crippen molar-refractivity contribution in [2.45, 2.75) is 6.54 Å². The van der Waals surface area contributed by atoms with E-state index in [9.17, 15) is 4.79 Å². The van der Waals surface area contributed by atoms with Gasteiger partial charge in [0.1, 0.15) is 6.54 Å². The second kappa shape index (κ2) is 5.26. The zero-order valence-electron chi connectivity index (χ0n) is 9.89. The smallest absolute Gasteiger partial charge is 0.323 e. The number of hydrogen-bond acceptors (Lipinski definition) is 5. The number of aliphatic carboxylic acids is 1. The van der Waals surface area contributed by atoms with Gasteiger partial charge >= 0.3 is 5.97 Å². The standard InChI is InChI=1S/C11H13N5O2/c1-15-13-10(12-14-15)7-16(8-11(17)18)9-5-3-2-4-6-9/h2-6H,7-8H2,1H3,(H,17,18). The van der Waals surface area contributed by atoms with Crippen LogP contribution in [0.3, 0.4) is 0 Å². The molecule has 0 saturated carbocycles. The molecule has 0 aliphatic heterocycles. The second-order valence-electron chi connectivity index (χ2n) is 3.78. The maximum absolute atomic E-state index is 10.9. The molecule has 0 aliphatic rings. The molecule has 94 valence electrons. The molecule has 2 rings (SSSR count). The molecule has 7 heteroatoms. The highest BCUT2D eigenvalue weighted by Crippen LogP contribution is 2.14. The van der Waals surface area contributed by atoms with Crippen molar-refractivity contribution in [3.05, 3.63) is 36.2 Å². The molecule has 0 atom stereocenters. The van der Waals surface area contributed by atoms with Crippen LogP contribution in [0.15, 0.2) is 30.3 Å². The maximum Gasteiger partial charge on any atom is 0.323 e. The minimum absolute atomic E-state index is 0.109. The Bertz CT molecular complexity index is 525. The first kappa shape index (κ1) is 12.0. The van der Waals surface area contributed by atoms with Crippen molar-refractivity contribution in [3.8, 4) is 0 Å². The summed E-state index contributed by atoms with van der Waals surface area (Å²) in [6.45, 7) is 0.201. The van der Waals surface area contributed by atoms with Gasteiger partial charge in [0, 0.05) is 5.69 Å². The number of aryl methyl sites for hydroxylation is 1. The van der Waals surface area contributed by atoms with Crippen LogP contribution in [0, 0.1) is 0 Å². The highest BCUT2D eigenvalue weighted by Gasteiger charge is 2.13. The van der Waals surface area contributed by atoms with E-state index in [2.05, 4.69) is 15.4 Å². The van der Waals surface area contributed by atoms with Crippen LogP contribution in [-0.4, -0.2) is 37.8 Å². The predicted molar refractivity (Wildman–Crippen MR) is 63.9 cm³/mol. The molecule has 0 unspecified atom stereocenters. The summed E-state index contributed by atoms with van der Waals surface area (Å²) in [4.78, 5) is 13.9. The minimum atomic E-state index is -0.900. The van der Waals surface area contributed by atoms with Crippen LogP contribution in [0.2, 0.25) is 0 Å². The Hall–Kier alpha value is -2.44. The molecule has 1 aromatic carbocycles. The molecule has 0 spiro atoms. The van der Waals surface area contributed by atoms with E-state index in [1.54, 1.807) is 11.9 Å². The Labute approximate surface area is 104 Å². The van der Waals surface area contributed by atoms with Crippen LogP contribution in [0.25, 0.3) is 0 Å². The summed E-state index contributed by atoms with van der Waals surface area (Å²) >= 11 is 0. The molecule has 2 aromatic rings. The Morgan fingerprint density at radius 3 is 2.67 bits per heavy atom. The summed E-state index contributed by atoms with van der Waals surface area (Å²) in [5.74, 6) is -0.412. The monoisotopic (exact) mass is 247 g/mol. The van der Waals surface area contributed by atoms with Gasteiger partial charge in [0.05, 0.1) is 13.6 Å². The van der Waals surface area contributed by atoms with E-state index < -0.39 is 5.97 Å². The lowest BCUT2D eigenvalue weighted by molar-refractivity contribution is -0.135. The zero-order chi connectivity index (χ0) is 13.0. The first-order valence-corrected chi connectivity index (χ1v) is 5.40. The fourth-order valence-corrected chi connectivity index (χ4v) is 1.60. The third-order valence-corrected chi connectivity index (χ3v) is 2.33. The van der Waals surface area contributed by atoms with E-state index in [0.717, 1.165) is 5.69 Å². The fraction of sp³-hybridized carbons (Fsp3) is 0.273. The van der Waals surface area contributed by atoms with Gasteiger partial charge in [-0.1, -0.05) is 18.2 Å². The number of tetrazole rings is 1. The molecule has 0 radical (unpaired) electrons. The lowest BCUT2D eigenvalue weighted by Gasteiger charge is -2.20. The molecule has 0 aliphatic carbocycles. The lowest BCUT2D eigenvalue weighted by Crippen LogP contribution is -2.29. The number of carbonyl (C=O) groups is 1. The van der Waals surface area contributed by atoms with Gasteiger partial charge in [-0.3, -0.25) is 4.79 Å². The number of hydrogen-bond donors (Lipinski definition) is 1. The molecule has 7 nitrogen and oxygen atoms in total. The quantitative estimate of drug-likeness (QED) is 0.818. The maximum atomic E-state index is 10.9. The molecule has 0 fully saturated rings. The number of anilines is 1. The van der Waals surface area contributed by atoms with Crippen molar-refractivity contribution in [1.82, 2.24) is 20.2 Å². The van der Waals surface area contributed by atoms with E-state index >= 15 is 0 Å². The van der Waals surface area contributed by atoms with Gasteiger partial charge in [-0.05, 0) is 17.3 Å². The van der Waals surface area contributed by atoms with Crippen LogP contribution < -0.4 is 4.90 Å². The number of benzene rings is 1. The van der Waals surface area contributed by atoms with Crippen molar-refractivity contribution in [3.63, 3.8) is 0 Å². The first-order chi connectivity index (χ1) is 8.65. The van der Waals surface area contributed by atoms with Gasteiger partial charge in [0.2, 0.25) is 0 Å². The van der Waals surface area contributed by atoms with E-state index in [1.165, 1.54) is 4.80 Å². The van der Waals surface area contributed by atoms with Gasteiger partial charge in [0.15, 0.2) is 5.82 Å². The van der Waals surface area contributed by atoms with E-state index in [1.807, 2.05) is 30.3 Å². The Kier molecular flexibility index (Phi) is 3.52. The third kappa shape index (κ3) is 3.03. The topological polar surface area (TPSA) is 84.1 Å². The van der Waals surface area contributed by atoms with Gasteiger partial charge in [0.25, 0.3) is 0 Å². The number of carboxylic acid groups (broad SMARTS) is 1. The lowest BCUT2D eigenvalue weighted by atomic mass is 10.3. The van der Waals surface area contributed by atoms with Crippen molar-refractivity contribution in [2.24, 2.45) is 7.05 Å². The largest absolute Gasteiger partial charge is 0.480 e. The van der Waals surface area contributed by atoms with Gasteiger partial charge < -0.3 is 10.0 Å². The van der Waals surface area contributed by atoms with E-state index in [-0.39, 0.29) is 6.54 Å². The number of aromatic nitrogens is 4. The molecular weight excluding hydrogens is 234 g/mol. The average molecular weight is 247 g/mol. The normalized spacial score (nSPS) is 10.3. The van der Waals surface area contributed by atoms with Crippen LogP contribution in [0.1, 0.15) is 5.82 Å². The van der Waals surface area contributed by atoms with Crippen molar-refractivity contribution in [2.75, 3.05) is 11.4 Å². The van der Waals surface area contributed by atoms with E-state index in [0.29, 0.717) is 12.4 Å². The molecular formula is C11H13N5O2. The Morgan fingerprint density at radius 1 is 1.39 bits per heavy atom. The summed E-state index contributed by atoms with van der Waals surface area (Å²) in [5, 5.41) is 20.5. The summed E-state index contributed by atoms with van der Waals surface area (Å²) in [5.41, 5.74) is 0.812. The Balaban J connectivity index is 2.18. The predicted octanol–water partition coefficient (Wildman–Crippen LogP) is 0.301. The number of nitrogens with zero attached hydrogens (tertiary/aromatic N) is 5.